The van der Waals surface area contributed by atoms with Gasteiger partial charge in [0.2, 0.25) is 0 Å². The lowest BCUT2D eigenvalue weighted by atomic mass is 10.1. The van der Waals surface area contributed by atoms with Crippen LogP contribution in [0.1, 0.15) is 29.3 Å². The topological polar surface area (TPSA) is 55.1 Å². The van der Waals surface area contributed by atoms with Crippen molar-refractivity contribution in [2.75, 3.05) is 6.54 Å². The molecule has 0 aliphatic rings. The minimum Gasteiger partial charge on any atom is -0.348 e. The van der Waals surface area contributed by atoms with Crippen LogP contribution < -0.4 is 11.1 Å². The molecule has 1 rings (SSSR count). The summed E-state index contributed by atoms with van der Waals surface area (Å²) in [5, 5.41) is 2.76. The molecule has 4 heteroatoms. The quantitative estimate of drug-likeness (QED) is 0.816. The Morgan fingerprint density at radius 2 is 2.19 bits per heavy atom. The fourth-order valence-corrected chi connectivity index (χ4v) is 1.46. The van der Waals surface area contributed by atoms with E-state index in [1.165, 1.54) is 12.1 Å². The second-order valence-corrected chi connectivity index (χ2v) is 3.83. The number of carbonyl (C=O) groups is 1. The second kappa shape index (κ2) is 5.61. The van der Waals surface area contributed by atoms with E-state index >= 15 is 0 Å². The molecule has 0 saturated carbocycles. The van der Waals surface area contributed by atoms with Crippen LogP contribution in [0.3, 0.4) is 0 Å². The number of amides is 1. The number of hydrogen-bond acceptors (Lipinski definition) is 2. The highest BCUT2D eigenvalue weighted by atomic mass is 19.1. The molecule has 1 atom stereocenters. The lowest BCUT2D eigenvalue weighted by Gasteiger charge is -2.14. The second-order valence-electron chi connectivity index (χ2n) is 3.83. The summed E-state index contributed by atoms with van der Waals surface area (Å²) in [6.07, 6.45) is 0.760. The molecule has 0 aliphatic heterocycles. The van der Waals surface area contributed by atoms with E-state index in [9.17, 15) is 9.18 Å². The number of rotatable bonds is 4. The summed E-state index contributed by atoms with van der Waals surface area (Å²) >= 11 is 0. The molecule has 3 nitrogen and oxygen atoms in total. The molecule has 1 unspecified atom stereocenters. The number of nitrogens with one attached hydrogen (secondary N) is 1. The number of benzene rings is 1. The fourth-order valence-electron chi connectivity index (χ4n) is 1.46. The lowest BCUT2D eigenvalue weighted by Crippen LogP contribution is -2.39. The first-order valence-corrected chi connectivity index (χ1v) is 5.35. The monoisotopic (exact) mass is 224 g/mol. The van der Waals surface area contributed by atoms with E-state index in [1.807, 2.05) is 6.92 Å². The van der Waals surface area contributed by atoms with E-state index in [0.29, 0.717) is 12.1 Å². The SMILES string of the molecule is CCC(CN)NC(=O)c1cc(C)cc(F)c1. The van der Waals surface area contributed by atoms with Gasteiger partial charge in [0.15, 0.2) is 0 Å². The highest BCUT2D eigenvalue weighted by Gasteiger charge is 2.11. The number of hydrogen-bond donors (Lipinski definition) is 2. The van der Waals surface area contributed by atoms with Crippen molar-refractivity contribution in [2.24, 2.45) is 5.73 Å². The minimum absolute atomic E-state index is 0.0592. The van der Waals surface area contributed by atoms with Gasteiger partial charge in [0, 0.05) is 18.2 Å². The van der Waals surface area contributed by atoms with E-state index < -0.39 is 5.82 Å². The van der Waals surface area contributed by atoms with Crippen LogP contribution in [0.4, 0.5) is 4.39 Å². The zero-order valence-electron chi connectivity index (χ0n) is 9.59. The molecule has 0 saturated heterocycles. The maximum atomic E-state index is 13.1. The number of aryl methyl sites for hydroxylation is 1. The summed E-state index contributed by atoms with van der Waals surface area (Å²) in [4.78, 5) is 11.7. The third kappa shape index (κ3) is 3.31. The average Bonchev–Trinajstić information content (AvgIpc) is 2.24. The van der Waals surface area contributed by atoms with Gasteiger partial charge in [-0.3, -0.25) is 4.79 Å². The minimum atomic E-state index is -0.397. The third-order valence-electron chi connectivity index (χ3n) is 2.42. The van der Waals surface area contributed by atoms with Gasteiger partial charge < -0.3 is 11.1 Å². The molecule has 16 heavy (non-hydrogen) atoms. The first-order valence-electron chi connectivity index (χ1n) is 5.35. The number of halogens is 1. The van der Waals surface area contributed by atoms with Gasteiger partial charge in [0.05, 0.1) is 0 Å². The van der Waals surface area contributed by atoms with E-state index in [4.69, 9.17) is 5.73 Å². The Morgan fingerprint density at radius 1 is 1.50 bits per heavy atom. The zero-order chi connectivity index (χ0) is 12.1. The summed E-state index contributed by atoms with van der Waals surface area (Å²) in [5.41, 5.74) is 6.55. The van der Waals surface area contributed by atoms with Crippen molar-refractivity contribution in [1.29, 1.82) is 0 Å². The maximum absolute atomic E-state index is 13.1. The third-order valence-corrected chi connectivity index (χ3v) is 2.42. The number of nitrogens with two attached hydrogens (primary N) is 1. The molecular weight excluding hydrogens is 207 g/mol. The molecule has 1 amide bonds. The molecule has 0 radical (unpaired) electrons. The normalized spacial score (nSPS) is 12.2. The smallest absolute Gasteiger partial charge is 0.251 e. The van der Waals surface area contributed by atoms with E-state index in [0.717, 1.165) is 12.0 Å². The predicted molar refractivity (Wildman–Crippen MR) is 61.7 cm³/mol. The zero-order valence-corrected chi connectivity index (χ0v) is 9.59. The van der Waals surface area contributed by atoms with Crippen molar-refractivity contribution in [3.63, 3.8) is 0 Å². The van der Waals surface area contributed by atoms with Crippen LogP contribution in [-0.2, 0) is 0 Å². The van der Waals surface area contributed by atoms with Crippen LogP contribution in [0.15, 0.2) is 18.2 Å². The predicted octanol–water partition coefficient (Wildman–Crippen LogP) is 1.60. The van der Waals surface area contributed by atoms with E-state index in [-0.39, 0.29) is 11.9 Å². The van der Waals surface area contributed by atoms with Gasteiger partial charge in [-0.05, 0) is 37.1 Å². The van der Waals surface area contributed by atoms with Crippen molar-refractivity contribution in [3.05, 3.63) is 35.1 Å². The fraction of sp³-hybridized carbons (Fsp3) is 0.417. The molecule has 0 spiro atoms. The Balaban J connectivity index is 2.80. The van der Waals surface area contributed by atoms with Crippen molar-refractivity contribution in [2.45, 2.75) is 26.3 Å². The summed E-state index contributed by atoms with van der Waals surface area (Å²) in [7, 11) is 0. The summed E-state index contributed by atoms with van der Waals surface area (Å²) in [5.74, 6) is -0.675. The molecule has 0 aliphatic carbocycles. The molecule has 0 heterocycles. The van der Waals surface area contributed by atoms with Crippen LogP contribution in [0, 0.1) is 12.7 Å². The van der Waals surface area contributed by atoms with Gasteiger partial charge in [0.1, 0.15) is 5.82 Å². The molecule has 0 bridgehead atoms. The van der Waals surface area contributed by atoms with Gasteiger partial charge >= 0.3 is 0 Å². The maximum Gasteiger partial charge on any atom is 0.251 e. The van der Waals surface area contributed by atoms with Gasteiger partial charge in [-0.15, -0.1) is 0 Å². The molecule has 3 N–H and O–H groups in total. The largest absolute Gasteiger partial charge is 0.348 e. The Hall–Kier alpha value is -1.42. The van der Waals surface area contributed by atoms with Crippen LogP contribution in [0.2, 0.25) is 0 Å². The van der Waals surface area contributed by atoms with Crippen LogP contribution in [0.5, 0.6) is 0 Å². The Morgan fingerprint density at radius 3 is 2.69 bits per heavy atom. The van der Waals surface area contributed by atoms with Gasteiger partial charge in [-0.2, -0.15) is 0 Å². The van der Waals surface area contributed by atoms with Gasteiger partial charge in [-0.25, -0.2) is 4.39 Å². The van der Waals surface area contributed by atoms with Crippen molar-refractivity contribution in [1.82, 2.24) is 5.32 Å². The molecule has 1 aromatic carbocycles. The molecular formula is C12H17FN2O. The Bertz CT molecular complexity index is 355. The average molecular weight is 224 g/mol. The lowest BCUT2D eigenvalue weighted by molar-refractivity contribution is 0.0936. The Kier molecular flexibility index (Phi) is 4.43. The highest BCUT2D eigenvalue weighted by molar-refractivity contribution is 5.94. The van der Waals surface area contributed by atoms with E-state index in [2.05, 4.69) is 5.32 Å². The standard InChI is InChI=1S/C12H17FN2O/c1-3-11(7-14)15-12(16)9-4-8(2)5-10(13)6-9/h4-6,11H,3,7,14H2,1-2H3,(H,15,16). The van der Waals surface area contributed by atoms with E-state index in [1.54, 1.807) is 13.0 Å². The van der Waals surface area contributed by atoms with Gasteiger partial charge in [-0.1, -0.05) is 6.92 Å². The van der Waals surface area contributed by atoms with Crippen molar-refractivity contribution < 1.29 is 9.18 Å². The first kappa shape index (κ1) is 12.6. The van der Waals surface area contributed by atoms with Crippen LogP contribution >= 0.6 is 0 Å². The summed E-state index contributed by atoms with van der Waals surface area (Å²) in [6, 6.07) is 4.21. The Labute approximate surface area is 94.8 Å². The molecule has 0 aromatic heterocycles. The van der Waals surface area contributed by atoms with Crippen LogP contribution in [-0.4, -0.2) is 18.5 Å². The van der Waals surface area contributed by atoms with Gasteiger partial charge in [0.25, 0.3) is 5.91 Å². The first-order chi connectivity index (χ1) is 7.56. The van der Waals surface area contributed by atoms with Crippen molar-refractivity contribution >= 4 is 5.91 Å². The highest BCUT2D eigenvalue weighted by Crippen LogP contribution is 2.08. The molecule has 88 valence electrons. The number of carbonyl (C=O) groups excluding carboxylic acids is 1. The summed E-state index contributed by atoms with van der Waals surface area (Å²) < 4.78 is 13.1. The van der Waals surface area contributed by atoms with Crippen molar-refractivity contribution in [3.8, 4) is 0 Å². The molecule has 1 aromatic rings. The molecule has 0 fully saturated rings. The summed E-state index contributed by atoms with van der Waals surface area (Å²) in [6.45, 7) is 4.07. The van der Waals surface area contributed by atoms with Crippen LogP contribution in [0.25, 0.3) is 0 Å².